The number of piperidine rings is 1. The Hall–Kier alpha value is -3.06. The topological polar surface area (TPSA) is 75.1 Å². The molecular formula is C25H27ClN6O. The molecule has 8 heteroatoms. The second-order valence-electron chi connectivity index (χ2n) is 8.74. The fourth-order valence-corrected chi connectivity index (χ4v) is 5.04. The van der Waals surface area contributed by atoms with Crippen molar-refractivity contribution in [2.45, 2.75) is 38.1 Å². The molecule has 2 saturated heterocycles. The van der Waals surface area contributed by atoms with E-state index in [4.69, 9.17) is 16.6 Å². The maximum Gasteiger partial charge on any atom is 0.225 e. The van der Waals surface area contributed by atoms with Crippen molar-refractivity contribution >= 4 is 23.5 Å². The molecule has 0 bridgehead atoms. The predicted molar refractivity (Wildman–Crippen MR) is 128 cm³/mol. The van der Waals surface area contributed by atoms with Gasteiger partial charge in [0.25, 0.3) is 0 Å². The number of likely N-dealkylation sites (tertiary alicyclic amines) is 1. The zero-order valence-electron chi connectivity index (χ0n) is 18.5. The number of benzene rings is 1. The normalized spacial score (nSPS) is 19.1. The number of halogens is 1. The smallest absolute Gasteiger partial charge is 0.225 e. The molecule has 2 aromatic heterocycles. The molecule has 7 nitrogen and oxygen atoms in total. The van der Waals surface area contributed by atoms with Gasteiger partial charge in [-0.15, -0.1) is 0 Å². The number of nitrogens with zero attached hydrogens (tertiary/aromatic N) is 6. The highest BCUT2D eigenvalue weighted by Gasteiger charge is 2.33. The minimum Gasteiger partial charge on any atom is -0.341 e. The van der Waals surface area contributed by atoms with E-state index < -0.39 is 0 Å². The van der Waals surface area contributed by atoms with Gasteiger partial charge in [0.15, 0.2) is 5.82 Å². The van der Waals surface area contributed by atoms with Crippen molar-refractivity contribution in [1.29, 1.82) is 0 Å². The summed E-state index contributed by atoms with van der Waals surface area (Å²) in [6.45, 7) is 2.57. The van der Waals surface area contributed by atoms with Crippen LogP contribution in [0.1, 0.15) is 43.8 Å². The number of hydrogen-bond acceptors (Lipinski definition) is 6. The fraction of sp³-hybridized carbons (Fsp3) is 0.400. The number of rotatable bonds is 5. The van der Waals surface area contributed by atoms with Gasteiger partial charge in [-0.3, -0.25) is 4.79 Å². The molecule has 170 valence electrons. The van der Waals surface area contributed by atoms with Gasteiger partial charge in [0.1, 0.15) is 0 Å². The van der Waals surface area contributed by atoms with E-state index in [2.05, 4.69) is 19.9 Å². The summed E-state index contributed by atoms with van der Waals surface area (Å²) in [5.74, 6) is 2.05. The molecule has 2 aliphatic heterocycles. The SMILES string of the molecule is O=C(CC1CCN(c2ncccn2)CC1)N1CCCC1c1ccnc(-c2cccc(Cl)c2)n1. The van der Waals surface area contributed by atoms with E-state index in [-0.39, 0.29) is 11.9 Å². The molecule has 2 fully saturated rings. The number of aromatic nitrogens is 4. The van der Waals surface area contributed by atoms with Crippen LogP contribution in [0.15, 0.2) is 55.0 Å². The van der Waals surface area contributed by atoms with Gasteiger partial charge >= 0.3 is 0 Å². The Balaban J connectivity index is 1.23. The van der Waals surface area contributed by atoms with E-state index in [1.54, 1.807) is 18.6 Å². The maximum atomic E-state index is 13.3. The van der Waals surface area contributed by atoms with Crippen LogP contribution in [-0.2, 0) is 4.79 Å². The first-order valence-electron chi connectivity index (χ1n) is 11.6. The third-order valence-corrected chi connectivity index (χ3v) is 6.82. The second kappa shape index (κ2) is 9.83. The minimum absolute atomic E-state index is 0.0104. The highest BCUT2D eigenvalue weighted by atomic mass is 35.5. The van der Waals surface area contributed by atoms with Crippen molar-refractivity contribution < 1.29 is 4.79 Å². The van der Waals surface area contributed by atoms with Crippen molar-refractivity contribution in [3.63, 3.8) is 0 Å². The Morgan fingerprint density at radius 1 is 0.970 bits per heavy atom. The summed E-state index contributed by atoms with van der Waals surface area (Å²) < 4.78 is 0. The molecule has 0 saturated carbocycles. The lowest BCUT2D eigenvalue weighted by Crippen LogP contribution is -2.38. The Kier molecular flexibility index (Phi) is 6.48. The summed E-state index contributed by atoms with van der Waals surface area (Å²) in [6, 6.07) is 11.3. The standard InChI is InChI=1S/C25H27ClN6O/c26-20-5-1-4-19(17-20)24-27-12-7-21(30-24)22-6-2-13-32(22)23(33)16-18-8-14-31(15-9-18)25-28-10-3-11-29-25/h1,3-5,7,10-12,17-18,22H,2,6,8-9,13-16H2. The van der Waals surface area contributed by atoms with Gasteiger partial charge in [-0.25, -0.2) is 19.9 Å². The van der Waals surface area contributed by atoms with Crippen LogP contribution in [0.5, 0.6) is 0 Å². The molecule has 0 N–H and O–H groups in total. The minimum atomic E-state index is 0.0104. The molecule has 1 atom stereocenters. The molecule has 0 spiro atoms. The average Bonchev–Trinajstić information content (AvgIpc) is 3.36. The molecule has 1 amide bonds. The van der Waals surface area contributed by atoms with Crippen LogP contribution in [0, 0.1) is 5.92 Å². The van der Waals surface area contributed by atoms with Crippen molar-refractivity contribution in [3.05, 3.63) is 65.7 Å². The van der Waals surface area contributed by atoms with Gasteiger partial charge in [-0.1, -0.05) is 23.7 Å². The molecule has 4 heterocycles. The molecule has 33 heavy (non-hydrogen) atoms. The summed E-state index contributed by atoms with van der Waals surface area (Å²) in [5, 5.41) is 0.657. The van der Waals surface area contributed by atoms with E-state index in [0.717, 1.165) is 62.5 Å². The molecule has 2 aliphatic rings. The summed E-state index contributed by atoms with van der Waals surface area (Å²) >= 11 is 6.14. The van der Waals surface area contributed by atoms with Crippen LogP contribution in [0.3, 0.4) is 0 Å². The zero-order chi connectivity index (χ0) is 22.6. The van der Waals surface area contributed by atoms with E-state index in [1.807, 2.05) is 41.3 Å². The monoisotopic (exact) mass is 462 g/mol. The molecule has 0 aliphatic carbocycles. The van der Waals surface area contributed by atoms with Crippen molar-refractivity contribution in [1.82, 2.24) is 24.8 Å². The number of anilines is 1. The van der Waals surface area contributed by atoms with Gasteiger partial charge in [-0.05, 0) is 55.9 Å². The first-order valence-corrected chi connectivity index (χ1v) is 12.0. The lowest BCUT2D eigenvalue weighted by atomic mass is 9.93. The summed E-state index contributed by atoms with van der Waals surface area (Å²) in [6.07, 6.45) is 9.81. The predicted octanol–water partition coefficient (Wildman–Crippen LogP) is 4.56. The van der Waals surface area contributed by atoms with Crippen LogP contribution < -0.4 is 4.90 Å². The summed E-state index contributed by atoms with van der Waals surface area (Å²) in [4.78, 5) is 35.4. The third-order valence-electron chi connectivity index (χ3n) is 6.59. The number of hydrogen-bond donors (Lipinski definition) is 0. The van der Waals surface area contributed by atoms with Crippen LogP contribution >= 0.6 is 11.6 Å². The number of carbonyl (C=O) groups excluding carboxylic acids is 1. The average molecular weight is 463 g/mol. The Bertz CT molecular complexity index is 1100. The first-order chi connectivity index (χ1) is 16.2. The Morgan fingerprint density at radius 3 is 2.58 bits per heavy atom. The Morgan fingerprint density at radius 2 is 1.79 bits per heavy atom. The van der Waals surface area contributed by atoms with Crippen molar-refractivity contribution in [2.24, 2.45) is 5.92 Å². The molecule has 3 aromatic rings. The second-order valence-corrected chi connectivity index (χ2v) is 9.18. The van der Waals surface area contributed by atoms with Crippen LogP contribution in [0.4, 0.5) is 5.95 Å². The molecular weight excluding hydrogens is 436 g/mol. The lowest BCUT2D eigenvalue weighted by Gasteiger charge is -2.33. The number of carbonyl (C=O) groups is 1. The third kappa shape index (κ3) is 4.98. The van der Waals surface area contributed by atoms with Gasteiger partial charge in [-0.2, -0.15) is 0 Å². The highest BCUT2D eigenvalue weighted by Crippen LogP contribution is 2.34. The van der Waals surface area contributed by atoms with Crippen LogP contribution in [0.25, 0.3) is 11.4 Å². The van der Waals surface area contributed by atoms with Gasteiger partial charge < -0.3 is 9.80 Å². The summed E-state index contributed by atoms with van der Waals surface area (Å²) in [7, 11) is 0. The highest BCUT2D eigenvalue weighted by molar-refractivity contribution is 6.30. The van der Waals surface area contributed by atoms with E-state index in [0.29, 0.717) is 23.2 Å². The van der Waals surface area contributed by atoms with Crippen LogP contribution in [0.2, 0.25) is 5.02 Å². The quantitative estimate of drug-likeness (QED) is 0.553. The van der Waals surface area contributed by atoms with Gasteiger partial charge in [0.2, 0.25) is 11.9 Å². The molecule has 1 aromatic carbocycles. The first kappa shape index (κ1) is 21.8. The van der Waals surface area contributed by atoms with Gasteiger partial charge in [0, 0.05) is 55.2 Å². The lowest BCUT2D eigenvalue weighted by molar-refractivity contribution is -0.133. The maximum absolute atomic E-state index is 13.3. The fourth-order valence-electron chi connectivity index (χ4n) is 4.85. The molecule has 1 unspecified atom stereocenters. The van der Waals surface area contributed by atoms with Gasteiger partial charge in [0.05, 0.1) is 11.7 Å². The molecule has 5 rings (SSSR count). The van der Waals surface area contributed by atoms with Crippen molar-refractivity contribution in [3.8, 4) is 11.4 Å². The summed E-state index contributed by atoms with van der Waals surface area (Å²) in [5.41, 5.74) is 1.79. The zero-order valence-corrected chi connectivity index (χ0v) is 19.2. The van der Waals surface area contributed by atoms with Crippen molar-refractivity contribution in [2.75, 3.05) is 24.5 Å². The molecule has 0 radical (unpaired) electrons. The van der Waals surface area contributed by atoms with E-state index >= 15 is 0 Å². The van der Waals surface area contributed by atoms with E-state index in [9.17, 15) is 4.79 Å². The van der Waals surface area contributed by atoms with E-state index in [1.165, 1.54) is 0 Å². The largest absolute Gasteiger partial charge is 0.341 e. The number of amides is 1. The Labute approximate surface area is 198 Å². The van der Waals surface area contributed by atoms with Crippen LogP contribution in [-0.4, -0.2) is 50.4 Å².